The van der Waals surface area contributed by atoms with Gasteiger partial charge in [-0.1, -0.05) is 38.1 Å². The van der Waals surface area contributed by atoms with E-state index in [1.165, 1.54) is 0 Å². The number of nitrogens with two attached hydrogens (primary N) is 2. The lowest BCUT2D eigenvalue weighted by Gasteiger charge is -2.43. The number of likely N-dealkylation sites (N-methyl/N-ethyl adjacent to an activating group) is 2. The fourth-order valence-corrected chi connectivity index (χ4v) is 5.71. The van der Waals surface area contributed by atoms with E-state index in [0.717, 1.165) is 87.9 Å². The number of nitrogen functional groups attached to an aromatic ring is 2. The molecule has 7 nitrogen and oxygen atoms in total. The third kappa shape index (κ3) is 6.85. The van der Waals surface area contributed by atoms with Gasteiger partial charge in [0.2, 0.25) is 0 Å². The molecule has 0 aliphatic carbocycles. The van der Waals surface area contributed by atoms with Crippen LogP contribution in [0.2, 0.25) is 0 Å². The second-order valence-corrected chi connectivity index (χ2v) is 10.3. The van der Waals surface area contributed by atoms with Gasteiger partial charge in [0, 0.05) is 63.7 Å². The van der Waals surface area contributed by atoms with E-state index in [0.29, 0.717) is 18.6 Å². The number of ketones is 1. The zero-order valence-electron chi connectivity index (χ0n) is 22.1. The van der Waals surface area contributed by atoms with Gasteiger partial charge >= 0.3 is 0 Å². The maximum absolute atomic E-state index is 14.5. The molecule has 2 aromatic rings. The summed E-state index contributed by atoms with van der Waals surface area (Å²) in [5, 5.41) is 0. The number of anilines is 2. The van der Waals surface area contributed by atoms with Gasteiger partial charge in [0.15, 0.2) is 5.78 Å². The molecule has 0 amide bonds. The highest BCUT2D eigenvalue weighted by Gasteiger charge is 2.37. The van der Waals surface area contributed by atoms with Crippen molar-refractivity contribution < 1.29 is 4.79 Å². The Morgan fingerprint density at radius 1 is 0.694 bits per heavy atom. The summed E-state index contributed by atoms with van der Waals surface area (Å²) in [5.74, 6) is 0.328. The molecule has 2 aliphatic rings. The number of nitrogens with zero attached hydrogens (tertiary/aromatic N) is 4. The lowest BCUT2D eigenvalue weighted by atomic mass is 9.90. The normalized spacial score (nSPS) is 20.3. The van der Waals surface area contributed by atoms with Crippen molar-refractivity contribution in [1.82, 2.24) is 19.6 Å². The van der Waals surface area contributed by atoms with Crippen LogP contribution in [0.25, 0.3) is 0 Å². The van der Waals surface area contributed by atoms with E-state index in [-0.39, 0.29) is 12.1 Å². The number of benzene rings is 2. The monoisotopic (exact) mass is 492 g/mol. The summed E-state index contributed by atoms with van der Waals surface area (Å²) in [6.45, 7) is 14.2. The minimum absolute atomic E-state index is 0.166. The van der Waals surface area contributed by atoms with E-state index in [9.17, 15) is 4.79 Å². The zero-order valence-corrected chi connectivity index (χ0v) is 22.1. The summed E-state index contributed by atoms with van der Waals surface area (Å²) in [6, 6.07) is 15.7. The van der Waals surface area contributed by atoms with Crippen LogP contribution in [0.3, 0.4) is 0 Å². The van der Waals surface area contributed by atoms with Gasteiger partial charge in [-0.05, 0) is 61.3 Å². The van der Waals surface area contributed by atoms with Gasteiger partial charge in [-0.15, -0.1) is 0 Å². The average molecular weight is 493 g/mol. The molecule has 0 bridgehead atoms. The van der Waals surface area contributed by atoms with Crippen LogP contribution in [0.15, 0.2) is 48.5 Å². The molecule has 7 heteroatoms. The Kier molecular flexibility index (Phi) is 9.37. The van der Waals surface area contributed by atoms with Crippen LogP contribution in [0, 0.1) is 0 Å². The van der Waals surface area contributed by atoms with Gasteiger partial charge in [0.05, 0.1) is 12.1 Å². The standard InChI is InChI=1S/C29H44N6O/c1-3-32-11-15-34(16-12-32)27(21-23-7-5-9-25(30)19-23)29(36)28(22-24-8-6-10-26(31)20-24)35-17-13-33(4-2)14-18-35/h5-10,19-20,27-28H,3-4,11-18,21-22,30-31H2,1-2H3. The second kappa shape index (κ2) is 12.7. The van der Waals surface area contributed by atoms with E-state index in [2.05, 4.69) is 45.6 Å². The highest BCUT2D eigenvalue weighted by atomic mass is 16.1. The number of Topliss-reactive ketones (excluding diaryl/α,β-unsaturated/α-hetero) is 1. The quantitative estimate of drug-likeness (QED) is 0.492. The molecule has 4 rings (SSSR count). The van der Waals surface area contributed by atoms with E-state index >= 15 is 0 Å². The first kappa shape index (κ1) is 26.6. The van der Waals surface area contributed by atoms with Crippen molar-refractivity contribution in [3.63, 3.8) is 0 Å². The fraction of sp³-hybridized carbons (Fsp3) is 0.552. The molecule has 2 atom stereocenters. The molecule has 2 unspecified atom stereocenters. The molecule has 2 aliphatic heterocycles. The first-order valence-corrected chi connectivity index (χ1v) is 13.6. The van der Waals surface area contributed by atoms with Crippen molar-refractivity contribution >= 4 is 17.2 Å². The van der Waals surface area contributed by atoms with E-state index in [1.54, 1.807) is 0 Å². The van der Waals surface area contributed by atoms with Crippen LogP contribution in [-0.2, 0) is 17.6 Å². The molecule has 2 aromatic carbocycles. The summed E-state index contributed by atoms with van der Waals surface area (Å²) < 4.78 is 0. The first-order chi connectivity index (χ1) is 17.5. The van der Waals surface area contributed by atoms with Crippen LogP contribution in [0.5, 0.6) is 0 Å². The summed E-state index contributed by atoms with van der Waals surface area (Å²) >= 11 is 0. The highest BCUT2D eigenvalue weighted by molar-refractivity contribution is 5.89. The van der Waals surface area contributed by atoms with Gasteiger partial charge in [-0.3, -0.25) is 14.6 Å². The van der Waals surface area contributed by atoms with Gasteiger partial charge in [-0.25, -0.2) is 0 Å². The minimum Gasteiger partial charge on any atom is -0.399 e. The number of rotatable bonds is 10. The summed E-state index contributed by atoms with van der Waals surface area (Å²) in [6.07, 6.45) is 1.39. The molecule has 0 saturated carbocycles. The van der Waals surface area contributed by atoms with Gasteiger partial charge < -0.3 is 21.3 Å². The van der Waals surface area contributed by atoms with Crippen LogP contribution >= 0.6 is 0 Å². The zero-order chi connectivity index (χ0) is 25.5. The predicted molar refractivity (Wildman–Crippen MR) is 149 cm³/mol. The lowest BCUT2D eigenvalue weighted by Crippen LogP contribution is -2.60. The predicted octanol–water partition coefficient (Wildman–Crippen LogP) is 2.22. The second-order valence-electron chi connectivity index (χ2n) is 10.3. The Morgan fingerprint density at radius 2 is 1.08 bits per heavy atom. The number of hydrogen-bond donors (Lipinski definition) is 2. The topological polar surface area (TPSA) is 82.1 Å². The van der Waals surface area contributed by atoms with E-state index in [1.807, 2.05) is 36.4 Å². The molecule has 2 fully saturated rings. The Morgan fingerprint density at radius 3 is 1.42 bits per heavy atom. The van der Waals surface area contributed by atoms with Crippen LogP contribution in [-0.4, -0.2) is 103 Å². The fourth-order valence-electron chi connectivity index (χ4n) is 5.71. The molecule has 196 valence electrons. The molecular weight excluding hydrogens is 448 g/mol. The molecule has 0 aromatic heterocycles. The summed E-state index contributed by atoms with van der Waals surface area (Å²) in [5.41, 5.74) is 16.0. The van der Waals surface area contributed by atoms with Crippen LogP contribution < -0.4 is 11.5 Å². The van der Waals surface area contributed by atoms with Crippen LogP contribution in [0.4, 0.5) is 11.4 Å². The van der Waals surface area contributed by atoms with Crippen molar-refractivity contribution in [3.8, 4) is 0 Å². The Balaban J connectivity index is 1.61. The van der Waals surface area contributed by atoms with Crippen molar-refractivity contribution in [3.05, 3.63) is 59.7 Å². The third-order valence-corrected chi connectivity index (χ3v) is 8.01. The number of piperazine rings is 2. The Labute approximate surface area is 217 Å². The molecule has 2 heterocycles. The summed E-state index contributed by atoms with van der Waals surface area (Å²) in [4.78, 5) is 24.3. The third-order valence-electron chi connectivity index (χ3n) is 8.01. The maximum Gasteiger partial charge on any atom is 0.167 e. The molecule has 0 spiro atoms. The van der Waals surface area contributed by atoms with E-state index < -0.39 is 0 Å². The van der Waals surface area contributed by atoms with Gasteiger partial charge in [0.1, 0.15) is 0 Å². The van der Waals surface area contributed by atoms with Crippen LogP contribution in [0.1, 0.15) is 25.0 Å². The van der Waals surface area contributed by atoms with Crippen molar-refractivity contribution in [1.29, 1.82) is 0 Å². The molecule has 0 radical (unpaired) electrons. The Hall–Kier alpha value is -2.45. The SMILES string of the molecule is CCN1CCN(C(Cc2cccc(N)c2)C(=O)C(Cc2cccc(N)c2)N2CCN(CC)CC2)CC1. The molecular formula is C29H44N6O. The van der Waals surface area contributed by atoms with Crippen molar-refractivity contribution in [2.45, 2.75) is 38.8 Å². The lowest BCUT2D eigenvalue weighted by molar-refractivity contribution is -0.131. The Bertz CT molecular complexity index is 904. The smallest absolute Gasteiger partial charge is 0.167 e. The first-order valence-electron chi connectivity index (χ1n) is 13.6. The average Bonchev–Trinajstić information content (AvgIpc) is 2.90. The van der Waals surface area contributed by atoms with E-state index in [4.69, 9.17) is 11.5 Å². The maximum atomic E-state index is 14.5. The molecule has 2 saturated heterocycles. The largest absolute Gasteiger partial charge is 0.399 e. The minimum atomic E-state index is -0.166. The van der Waals surface area contributed by atoms with Crippen molar-refractivity contribution in [2.75, 3.05) is 76.9 Å². The number of carbonyl (C=O) groups is 1. The highest BCUT2D eigenvalue weighted by Crippen LogP contribution is 2.22. The van der Waals surface area contributed by atoms with Crippen molar-refractivity contribution in [2.24, 2.45) is 0 Å². The number of hydrogen-bond acceptors (Lipinski definition) is 7. The molecule has 4 N–H and O–H groups in total. The van der Waals surface area contributed by atoms with Gasteiger partial charge in [0.25, 0.3) is 0 Å². The number of carbonyl (C=O) groups excluding carboxylic acids is 1. The molecule has 36 heavy (non-hydrogen) atoms. The van der Waals surface area contributed by atoms with Gasteiger partial charge in [-0.2, -0.15) is 0 Å². The summed E-state index contributed by atoms with van der Waals surface area (Å²) in [7, 11) is 0.